The molecule has 0 aliphatic heterocycles. The molecule has 2 heterocycles. The molecule has 1 nitrogen and oxygen atoms in total. The van der Waals surface area contributed by atoms with Gasteiger partial charge in [0.05, 0.1) is 5.52 Å². The lowest BCUT2D eigenvalue weighted by Crippen LogP contribution is -1.81. The second-order valence-electron chi connectivity index (χ2n) is 9.81. The van der Waals surface area contributed by atoms with Gasteiger partial charge in [-0.3, -0.25) is 0 Å². The van der Waals surface area contributed by atoms with Crippen molar-refractivity contribution in [3.05, 3.63) is 133 Å². The summed E-state index contributed by atoms with van der Waals surface area (Å²) in [5, 5.41) is 5.17. The monoisotopic (exact) mass is 501 g/mol. The molecule has 0 bridgehead atoms. The van der Waals surface area contributed by atoms with Crippen molar-refractivity contribution in [2.75, 3.05) is 0 Å². The van der Waals surface area contributed by atoms with Crippen LogP contribution < -0.4 is 0 Å². The average Bonchev–Trinajstić information content (AvgIpc) is 3.56. The number of aromatic amines is 1. The predicted octanol–water partition coefficient (Wildman–Crippen LogP) is 10.7. The molecule has 0 saturated carbocycles. The standard InChI is InChI=1S/C36H23NS/c1-3-10-23(11-4-1)25-20-21-33-32(22-25)28-16-8-15-27(34(28)37-33)29-17-9-19-31-30-18-7-14-26(35(30)38-36(29)31)24-12-5-2-6-13-24/h1-22,37H. The second kappa shape index (κ2) is 8.44. The lowest BCUT2D eigenvalue weighted by atomic mass is 9.98. The first-order chi connectivity index (χ1) is 18.8. The Morgan fingerprint density at radius 1 is 0.395 bits per heavy atom. The van der Waals surface area contributed by atoms with Crippen LogP contribution in [0.4, 0.5) is 0 Å². The van der Waals surface area contributed by atoms with Crippen LogP contribution in [0.3, 0.4) is 0 Å². The van der Waals surface area contributed by atoms with E-state index >= 15 is 0 Å². The summed E-state index contributed by atoms with van der Waals surface area (Å²) in [4.78, 5) is 3.76. The summed E-state index contributed by atoms with van der Waals surface area (Å²) < 4.78 is 2.68. The fraction of sp³-hybridized carbons (Fsp3) is 0. The van der Waals surface area contributed by atoms with E-state index in [-0.39, 0.29) is 0 Å². The zero-order valence-corrected chi connectivity index (χ0v) is 21.4. The smallest absolute Gasteiger partial charge is 0.0545 e. The van der Waals surface area contributed by atoms with Crippen molar-refractivity contribution in [3.63, 3.8) is 0 Å². The van der Waals surface area contributed by atoms with Crippen molar-refractivity contribution in [2.24, 2.45) is 0 Å². The summed E-state index contributed by atoms with van der Waals surface area (Å²) >= 11 is 1.91. The van der Waals surface area contributed by atoms with Crippen molar-refractivity contribution in [1.82, 2.24) is 4.98 Å². The van der Waals surface area contributed by atoms with Gasteiger partial charge in [-0.05, 0) is 34.4 Å². The summed E-state index contributed by atoms with van der Waals surface area (Å²) in [5.74, 6) is 0. The van der Waals surface area contributed by atoms with Crippen molar-refractivity contribution in [1.29, 1.82) is 0 Å². The maximum atomic E-state index is 3.76. The number of hydrogen-bond donors (Lipinski definition) is 1. The van der Waals surface area contributed by atoms with Gasteiger partial charge in [0.15, 0.2) is 0 Å². The van der Waals surface area contributed by atoms with E-state index in [0.717, 1.165) is 0 Å². The molecule has 8 aromatic rings. The van der Waals surface area contributed by atoms with Crippen LogP contribution in [0.1, 0.15) is 0 Å². The van der Waals surface area contributed by atoms with Gasteiger partial charge >= 0.3 is 0 Å². The first kappa shape index (κ1) is 21.4. The molecule has 2 aromatic heterocycles. The van der Waals surface area contributed by atoms with Crippen LogP contribution in [0.5, 0.6) is 0 Å². The molecule has 0 radical (unpaired) electrons. The van der Waals surface area contributed by atoms with Crippen LogP contribution in [-0.4, -0.2) is 4.98 Å². The van der Waals surface area contributed by atoms with E-state index in [0.29, 0.717) is 0 Å². The fourth-order valence-electron chi connectivity index (χ4n) is 5.83. The molecule has 0 atom stereocenters. The van der Waals surface area contributed by atoms with Crippen LogP contribution in [0.2, 0.25) is 0 Å². The van der Waals surface area contributed by atoms with Gasteiger partial charge in [-0.2, -0.15) is 0 Å². The summed E-state index contributed by atoms with van der Waals surface area (Å²) in [6.45, 7) is 0. The third-order valence-corrected chi connectivity index (χ3v) is 8.93. The van der Waals surface area contributed by atoms with E-state index in [4.69, 9.17) is 0 Å². The summed E-state index contributed by atoms with van der Waals surface area (Å²) in [7, 11) is 0. The first-order valence-electron chi connectivity index (χ1n) is 12.9. The van der Waals surface area contributed by atoms with Gasteiger partial charge in [0, 0.05) is 47.6 Å². The highest BCUT2D eigenvalue weighted by atomic mass is 32.1. The number of rotatable bonds is 3. The molecular formula is C36H23NS. The van der Waals surface area contributed by atoms with Crippen LogP contribution in [0, 0.1) is 0 Å². The number of H-pyrrole nitrogens is 1. The van der Waals surface area contributed by atoms with Gasteiger partial charge in [0.25, 0.3) is 0 Å². The van der Waals surface area contributed by atoms with Crippen LogP contribution >= 0.6 is 11.3 Å². The predicted molar refractivity (Wildman–Crippen MR) is 165 cm³/mol. The van der Waals surface area contributed by atoms with E-state index in [1.165, 1.54) is 75.4 Å². The SMILES string of the molecule is c1ccc(-c2ccc3[nH]c4c(-c5cccc6c5sc5c(-c7ccccc7)cccc56)cccc4c3c2)cc1. The number of para-hydroxylation sites is 1. The molecule has 0 unspecified atom stereocenters. The normalized spacial score (nSPS) is 11.7. The number of benzene rings is 6. The maximum Gasteiger partial charge on any atom is 0.0545 e. The molecule has 0 aliphatic carbocycles. The minimum Gasteiger partial charge on any atom is -0.354 e. The molecule has 0 amide bonds. The quantitative estimate of drug-likeness (QED) is 0.248. The minimum absolute atomic E-state index is 1.17. The summed E-state index contributed by atoms with van der Waals surface area (Å²) in [6.07, 6.45) is 0. The van der Waals surface area contributed by atoms with E-state index in [1.807, 2.05) is 11.3 Å². The molecule has 8 rings (SSSR count). The third-order valence-electron chi connectivity index (χ3n) is 7.64. The number of fused-ring (bicyclic) bond motifs is 6. The van der Waals surface area contributed by atoms with Crippen LogP contribution in [0.15, 0.2) is 133 Å². The van der Waals surface area contributed by atoms with Crippen molar-refractivity contribution >= 4 is 53.3 Å². The van der Waals surface area contributed by atoms with Gasteiger partial charge in [-0.25, -0.2) is 0 Å². The first-order valence-corrected chi connectivity index (χ1v) is 13.8. The molecule has 0 saturated heterocycles. The van der Waals surface area contributed by atoms with Gasteiger partial charge in [-0.15, -0.1) is 11.3 Å². The molecular weight excluding hydrogens is 478 g/mol. The van der Waals surface area contributed by atoms with Gasteiger partial charge in [0.2, 0.25) is 0 Å². The van der Waals surface area contributed by atoms with Gasteiger partial charge in [-0.1, -0.05) is 121 Å². The number of hydrogen-bond acceptors (Lipinski definition) is 1. The topological polar surface area (TPSA) is 15.8 Å². The molecule has 1 N–H and O–H groups in total. The number of thiophene rings is 1. The summed E-state index contributed by atoms with van der Waals surface area (Å²) in [6, 6.07) is 48.2. The van der Waals surface area contributed by atoms with Crippen molar-refractivity contribution in [3.8, 4) is 33.4 Å². The Labute approximate surface area is 224 Å². The summed E-state index contributed by atoms with van der Waals surface area (Å²) in [5.41, 5.74) is 9.93. The molecule has 2 heteroatoms. The lowest BCUT2D eigenvalue weighted by Gasteiger charge is -2.06. The lowest BCUT2D eigenvalue weighted by molar-refractivity contribution is 1.54. The van der Waals surface area contributed by atoms with Crippen molar-refractivity contribution < 1.29 is 0 Å². The van der Waals surface area contributed by atoms with Crippen molar-refractivity contribution in [2.45, 2.75) is 0 Å². The average molecular weight is 502 g/mol. The molecule has 38 heavy (non-hydrogen) atoms. The molecule has 178 valence electrons. The third kappa shape index (κ3) is 3.24. The van der Waals surface area contributed by atoms with Gasteiger partial charge in [0.1, 0.15) is 0 Å². The largest absolute Gasteiger partial charge is 0.354 e. The van der Waals surface area contributed by atoms with Gasteiger partial charge < -0.3 is 4.98 Å². The zero-order valence-electron chi connectivity index (χ0n) is 20.6. The number of nitrogens with one attached hydrogen (secondary N) is 1. The fourth-order valence-corrected chi connectivity index (χ4v) is 7.20. The molecule has 0 aliphatic rings. The molecule has 6 aromatic carbocycles. The van der Waals surface area contributed by atoms with E-state index in [9.17, 15) is 0 Å². The Morgan fingerprint density at radius 2 is 1.00 bits per heavy atom. The highest BCUT2D eigenvalue weighted by molar-refractivity contribution is 7.26. The highest BCUT2D eigenvalue weighted by Gasteiger charge is 2.16. The Balaban J connectivity index is 1.37. The second-order valence-corrected chi connectivity index (χ2v) is 10.8. The Kier molecular flexibility index (Phi) is 4.76. The molecule has 0 fully saturated rings. The Bertz CT molecular complexity index is 2110. The van der Waals surface area contributed by atoms with Crippen LogP contribution in [0.25, 0.3) is 75.4 Å². The maximum absolute atomic E-state index is 3.76. The van der Waals surface area contributed by atoms with E-state index in [2.05, 4.69) is 138 Å². The Hall–Kier alpha value is -4.66. The molecule has 0 spiro atoms. The number of aromatic nitrogens is 1. The van der Waals surface area contributed by atoms with E-state index in [1.54, 1.807) is 0 Å². The highest BCUT2D eigenvalue weighted by Crippen LogP contribution is 2.45. The Morgan fingerprint density at radius 3 is 1.74 bits per heavy atom. The minimum atomic E-state index is 1.17. The van der Waals surface area contributed by atoms with Crippen LogP contribution in [-0.2, 0) is 0 Å². The zero-order chi connectivity index (χ0) is 25.1. The van der Waals surface area contributed by atoms with E-state index < -0.39 is 0 Å².